The molecule has 2 atom stereocenters. The van der Waals surface area contributed by atoms with E-state index in [0.717, 1.165) is 24.0 Å². The van der Waals surface area contributed by atoms with Gasteiger partial charge in [-0.2, -0.15) is 4.98 Å². The third-order valence-electron chi connectivity index (χ3n) is 7.90. The van der Waals surface area contributed by atoms with Gasteiger partial charge in [-0.05, 0) is 86.2 Å². The zero-order chi connectivity index (χ0) is 34.2. The number of fused-ring (bicyclic) bond motifs is 1. The van der Waals surface area contributed by atoms with Gasteiger partial charge in [0.2, 0.25) is 0 Å². The predicted octanol–water partition coefficient (Wildman–Crippen LogP) is 4.82. The molecule has 14 heteroatoms. The minimum Gasteiger partial charge on any atom is -0.370 e. The van der Waals surface area contributed by atoms with E-state index in [0.29, 0.717) is 60.5 Å². The number of hydrogen-bond acceptors (Lipinski definition) is 7. The Bertz CT molecular complexity index is 1930. The molecule has 0 amide bonds. The Labute approximate surface area is 281 Å². The molecule has 11 nitrogen and oxygen atoms in total. The van der Waals surface area contributed by atoms with E-state index in [9.17, 15) is 9.18 Å². The van der Waals surface area contributed by atoms with Crippen molar-refractivity contribution in [3.05, 3.63) is 105 Å². The summed E-state index contributed by atoms with van der Waals surface area (Å²) in [6, 6.07) is 15.4. The van der Waals surface area contributed by atoms with Crippen LogP contribution in [0.5, 0.6) is 0 Å². The summed E-state index contributed by atoms with van der Waals surface area (Å²) in [6.07, 6.45) is 6.20. The number of nitrogens with zero attached hydrogens (tertiary/aromatic N) is 3. The minimum atomic E-state index is -0.546. The number of benzene rings is 2. The lowest BCUT2D eigenvalue weighted by molar-refractivity contribution is 0.492. The highest BCUT2D eigenvalue weighted by molar-refractivity contribution is 6.31. The molecule has 0 unspecified atom stereocenters. The van der Waals surface area contributed by atoms with Gasteiger partial charge in [-0.25, -0.2) is 18.6 Å². The average molecular weight is 677 g/mol. The third kappa shape index (κ3) is 8.94. The number of aromatic nitrogens is 4. The van der Waals surface area contributed by atoms with Crippen molar-refractivity contribution in [1.82, 2.24) is 30.2 Å². The molecule has 5 aromatic rings. The number of aromatic amines is 1. The highest BCUT2D eigenvalue weighted by Gasteiger charge is 2.16. The van der Waals surface area contributed by atoms with Crippen molar-refractivity contribution >= 4 is 34.4 Å². The maximum atomic E-state index is 15.1. The van der Waals surface area contributed by atoms with Gasteiger partial charge < -0.3 is 32.4 Å². The first kappa shape index (κ1) is 34.5. The number of halogens is 3. The summed E-state index contributed by atoms with van der Waals surface area (Å²) in [4.78, 5) is 24.4. The lowest BCUT2D eigenvalue weighted by Gasteiger charge is -2.20. The molecule has 0 radical (unpaired) electrons. The van der Waals surface area contributed by atoms with Gasteiger partial charge in [0.05, 0.1) is 16.4 Å². The molecule has 48 heavy (non-hydrogen) atoms. The van der Waals surface area contributed by atoms with Gasteiger partial charge in [0, 0.05) is 55.1 Å². The Balaban J connectivity index is 1.29. The second kappa shape index (κ2) is 15.8. The Morgan fingerprint density at radius 1 is 1.12 bits per heavy atom. The van der Waals surface area contributed by atoms with E-state index in [1.165, 1.54) is 22.9 Å². The normalized spacial score (nSPS) is 12.6. The fourth-order valence-corrected chi connectivity index (χ4v) is 5.61. The van der Waals surface area contributed by atoms with Crippen LogP contribution < -0.4 is 33.1 Å². The van der Waals surface area contributed by atoms with Crippen molar-refractivity contribution in [1.29, 1.82) is 5.41 Å². The zero-order valence-corrected chi connectivity index (χ0v) is 27.2. The summed E-state index contributed by atoms with van der Waals surface area (Å²) in [7, 11) is 0. The van der Waals surface area contributed by atoms with E-state index in [2.05, 4.69) is 30.9 Å². The van der Waals surface area contributed by atoms with Gasteiger partial charge in [-0.3, -0.25) is 9.98 Å². The highest BCUT2D eigenvalue weighted by atomic mass is 35.5. The number of hydrogen-bond donors (Lipinski definition) is 7. The maximum absolute atomic E-state index is 15.1. The van der Waals surface area contributed by atoms with Gasteiger partial charge in [0.15, 0.2) is 23.4 Å². The first-order chi connectivity index (χ1) is 23.1. The van der Waals surface area contributed by atoms with E-state index in [1.54, 1.807) is 24.4 Å². The lowest BCUT2D eigenvalue weighted by Crippen LogP contribution is -2.40. The topological polar surface area (TPSA) is 176 Å². The van der Waals surface area contributed by atoms with E-state index in [-0.39, 0.29) is 28.9 Å². The van der Waals surface area contributed by atoms with Crippen molar-refractivity contribution < 1.29 is 8.78 Å². The van der Waals surface area contributed by atoms with Crippen LogP contribution in [0.15, 0.2) is 71.8 Å². The SMILES string of the molecule is C[C@H](N)CCCc1cc(Cl)c(F)c(-c2cc3cn(-c4ccc(CN[C@H](CCNC(=N)N)CNc5ncccc5F)cc4)c(=O)nc3[nH]2)c1. The molecular weight excluding hydrogens is 638 g/mol. The Morgan fingerprint density at radius 2 is 1.92 bits per heavy atom. The summed E-state index contributed by atoms with van der Waals surface area (Å²) in [5.74, 6) is -0.951. The average Bonchev–Trinajstić information content (AvgIpc) is 3.46. The van der Waals surface area contributed by atoms with E-state index in [1.807, 2.05) is 31.2 Å². The second-order valence-electron chi connectivity index (χ2n) is 11.8. The van der Waals surface area contributed by atoms with Crippen LogP contribution in [0.1, 0.15) is 37.3 Å². The summed E-state index contributed by atoms with van der Waals surface area (Å²) in [5.41, 5.74) is 14.4. The molecule has 5 rings (SSSR count). The fraction of sp³-hybridized carbons (Fsp3) is 0.294. The summed E-state index contributed by atoms with van der Waals surface area (Å²) in [5, 5.41) is 17.3. The van der Waals surface area contributed by atoms with Crippen molar-refractivity contribution in [3.8, 4) is 16.9 Å². The van der Waals surface area contributed by atoms with Crippen LogP contribution in [0.2, 0.25) is 5.02 Å². The number of anilines is 1. The molecule has 3 heterocycles. The Kier molecular flexibility index (Phi) is 11.4. The molecule has 0 saturated carbocycles. The number of pyridine rings is 1. The van der Waals surface area contributed by atoms with Gasteiger partial charge in [0.25, 0.3) is 0 Å². The van der Waals surface area contributed by atoms with Crippen molar-refractivity contribution in [3.63, 3.8) is 0 Å². The van der Waals surface area contributed by atoms with E-state index < -0.39 is 17.3 Å². The van der Waals surface area contributed by atoms with Gasteiger partial charge >= 0.3 is 5.69 Å². The lowest BCUT2D eigenvalue weighted by atomic mass is 10.0. The molecule has 0 spiro atoms. The molecule has 252 valence electrons. The second-order valence-corrected chi connectivity index (χ2v) is 12.2. The molecule has 0 aliphatic heterocycles. The van der Waals surface area contributed by atoms with Crippen molar-refractivity contribution in [2.75, 3.05) is 18.4 Å². The van der Waals surface area contributed by atoms with Crippen LogP contribution in [0, 0.1) is 17.0 Å². The molecule has 0 fully saturated rings. The smallest absolute Gasteiger partial charge is 0.354 e. The van der Waals surface area contributed by atoms with Crippen LogP contribution in [0.3, 0.4) is 0 Å². The van der Waals surface area contributed by atoms with E-state index in [4.69, 9.17) is 28.5 Å². The van der Waals surface area contributed by atoms with Crippen LogP contribution in [0.25, 0.3) is 28.0 Å². The standard InChI is InChI=1S/C34H39ClF2N10O/c1-20(38)4-2-5-22-14-26(30(37)27(35)15-22)29-16-23-19-47(34(48)46-31(23)45-29)25-9-7-21(8-10-25)17-43-24(11-13-42-33(39)40)18-44-32-28(36)6-3-12-41-32/h3,6-10,12,14-16,19-20,24,43H,2,4-5,11,13,17-18,38H2,1H3,(H,41,44)(H4,39,40,42)(H,45,46,48)/t20-,24+/m0/s1. The van der Waals surface area contributed by atoms with Gasteiger partial charge in [0.1, 0.15) is 5.65 Å². The monoisotopic (exact) mass is 676 g/mol. The van der Waals surface area contributed by atoms with Crippen LogP contribution in [-0.2, 0) is 13.0 Å². The van der Waals surface area contributed by atoms with E-state index >= 15 is 4.39 Å². The molecular formula is C34H39ClF2N10O. The number of aryl methyl sites for hydroxylation is 1. The van der Waals surface area contributed by atoms with Gasteiger partial charge in [-0.15, -0.1) is 0 Å². The number of rotatable bonds is 15. The molecule has 0 bridgehead atoms. The molecule has 2 aromatic carbocycles. The molecule has 3 aromatic heterocycles. The quantitative estimate of drug-likeness (QED) is 0.0610. The Hall–Kier alpha value is -4.85. The maximum Gasteiger partial charge on any atom is 0.354 e. The molecule has 9 N–H and O–H groups in total. The first-order valence-corrected chi connectivity index (χ1v) is 16.1. The zero-order valence-electron chi connectivity index (χ0n) is 26.5. The van der Waals surface area contributed by atoms with Gasteiger partial charge in [-0.1, -0.05) is 23.7 Å². The molecule has 0 saturated heterocycles. The number of nitrogens with one attached hydrogen (secondary N) is 5. The summed E-state index contributed by atoms with van der Waals surface area (Å²) >= 11 is 6.25. The highest BCUT2D eigenvalue weighted by Crippen LogP contribution is 2.31. The number of guanidine groups is 1. The van der Waals surface area contributed by atoms with Crippen LogP contribution in [0.4, 0.5) is 14.6 Å². The van der Waals surface area contributed by atoms with Crippen molar-refractivity contribution in [2.45, 2.75) is 51.2 Å². The molecule has 0 aliphatic rings. The largest absolute Gasteiger partial charge is 0.370 e. The Morgan fingerprint density at radius 3 is 2.65 bits per heavy atom. The third-order valence-corrected chi connectivity index (χ3v) is 8.18. The summed E-state index contributed by atoms with van der Waals surface area (Å²) in [6.45, 7) is 3.28. The first-order valence-electron chi connectivity index (χ1n) is 15.7. The fourth-order valence-electron chi connectivity index (χ4n) is 5.37. The number of nitrogens with two attached hydrogens (primary N) is 2. The summed E-state index contributed by atoms with van der Waals surface area (Å²) < 4.78 is 30.7. The predicted molar refractivity (Wildman–Crippen MR) is 187 cm³/mol. The van der Waals surface area contributed by atoms with Crippen LogP contribution in [-0.4, -0.2) is 50.7 Å². The molecule has 0 aliphatic carbocycles. The number of H-pyrrole nitrogens is 1. The van der Waals surface area contributed by atoms with Crippen molar-refractivity contribution in [2.24, 2.45) is 11.5 Å². The minimum absolute atomic E-state index is 0.0291. The van der Waals surface area contributed by atoms with Crippen LogP contribution >= 0.6 is 11.6 Å².